The van der Waals surface area contributed by atoms with Crippen molar-refractivity contribution >= 4 is 29.3 Å². The van der Waals surface area contributed by atoms with E-state index in [0.29, 0.717) is 36.8 Å². The van der Waals surface area contributed by atoms with Gasteiger partial charge in [-0.15, -0.1) is 0 Å². The van der Waals surface area contributed by atoms with Crippen molar-refractivity contribution in [2.45, 2.75) is 26.3 Å². The SMILES string of the molecule is CC(C)C(NC(=O)Cc1ccccc1)C(=O)N1CCN(C(=O)c2ccc(Cl)cc2)CC1. The molecule has 2 aromatic carbocycles. The molecule has 1 saturated heterocycles. The highest BCUT2D eigenvalue weighted by molar-refractivity contribution is 6.30. The molecule has 0 spiro atoms. The van der Waals surface area contributed by atoms with Gasteiger partial charge in [0.15, 0.2) is 0 Å². The smallest absolute Gasteiger partial charge is 0.253 e. The van der Waals surface area contributed by atoms with Gasteiger partial charge in [-0.05, 0) is 35.7 Å². The van der Waals surface area contributed by atoms with Crippen molar-refractivity contribution in [3.8, 4) is 0 Å². The first-order chi connectivity index (χ1) is 14.8. The van der Waals surface area contributed by atoms with Crippen LogP contribution in [0.25, 0.3) is 0 Å². The van der Waals surface area contributed by atoms with Gasteiger partial charge in [0.1, 0.15) is 6.04 Å². The standard InChI is InChI=1S/C24H28ClN3O3/c1-17(2)22(26-21(29)16-18-6-4-3-5-7-18)24(31)28-14-12-27(13-15-28)23(30)19-8-10-20(25)11-9-19/h3-11,17,22H,12-16H2,1-2H3,(H,26,29). The highest BCUT2D eigenvalue weighted by Gasteiger charge is 2.31. The summed E-state index contributed by atoms with van der Waals surface area (Å²) in [4.78, 5) is 41.7. The third-order valence-corrected chi connectivity index (χ3v) is 5.68. The molecule has 31 heavy (non-hydrogen) atoms. The third kappa shape index (κ3) is 6.07. The van der Waals surface area contributed by atoms with Gasteiger partial charge in [0, 0.05) is 36.8 Å². The molecule has 0 aromatic heterocycles. The molecule has 1 unspecified atom stereocenters. The first-order valence-electron chi connectivity index (χ1n) is 10.5. The van der Waals surface area contributed by atoms with Crippen molar-refractivity contribution in [1.82, 2.24) is 15.1 Å². The fraction of sp³-hybridized carbons (Fsp3) is 0.375. The van der Waals surface area contributed by atoms with Gasteiger partial charge in [-0.1, -0.05) is 55.8 Å². The topological polar surface area (TPSA) is 69.7 Å². The molecule has 0 aliphatic carbocycles. The van der Waals surface area contributed by atoms with Crippen LogP contribution < -0.4 is 5.32 Å². The van der Waals surface area contributed by atoms with Gasteiger partial charge >= 0.3 is 0 Å². The maximum atomic E-state index is 13.1. The first-order valence-corrected chi connectivity index (χ1v) is 10.9. The van der Waals surface area contributed by atoms with E-state index in [1.165, 1.54) is 0 Å². The maximum Gasteiger partial charge on any atom is 0.253 e. The van der Waals surface area contributed by atoms with Crippen LogP contribution in [0.3, 0.4) is 0 Å². The fourth-order valence-electron chi connectivity index (χ4n) is 3.62. The van der Waals surface area contributed by atoms with E-state index in [9.17, 15) is 14.4 Å². The van der Waals surface area contributed by atoms with Crippen LogP contribution >= 0.6 is 11.6 Å². The van der Waals surface area contributed by atoms with E-state index in [4.69, 9.17) is 11.6 Å². The first kappa shape index (κ1) is 22.8. The van der Waals surface area contributed by atoms with Crippen molar-refractivity contribution < 1.29 is 14.4 Å². The molecule has 164 valence electrons. The molecule has 1 N–H and O–H groups in total. The van der Waals surface area contributed by atoms with Gasteiger partial charge in [-0.2, -0.15) is 0 Å². The van der Waals surface area contributed by atoms with Gasteiger partial charge in [-0.3, -0.25) is 14.4 Å². The van der Waals surface area contributed by atoms with E-state index in [1.54, 1.807) is 34.1 Å². The lowest BCUT2D eigenvalue weighted by atomic mass is 10.0. The summed E-state index contributed by atoms with van der Waals surface area (Å²) in [5.74, 6) is -0.383. The van der Waals surface area contributed by atoms with Gasteiger partial charge < -0.3 is 15.1 Å². The predicted molar refractivity (Wildman–Crippen MR) is 121 cm³/mol. The number of benzene rings is 2. The van der Waals surface area contributed by atoms with Gasteiger partial charge in [0.2, 0.25) is 11.8 Å². The van der Waals surface area contributed by atoms with E-state index in [1.807, 2.05) is 44.2 Å². The Morgan fingerprint density at radius 1 is 0.903 bits per heavy atom. The molecule has 2 aromatic rings. The Morgan fingerprint density at radius 2 is 1.48 bits per heavy atom. The van der Waals surface area contributed by atoms with E-state index in [0.717, 1.165) is 5.56 Å². The zero-order valence-electron chi connectivity index (χ0n) is 17.9. The zero-order valence-corrected chi connectivity index (χ0v) is 18.6. The lowest BCUT2D eigenvalue weighted by Crippen LogP contribution is -2.57. The highest BCUT2D eigenvalue weighted by atomic mass is 35.5. The second kappa shape index (κ2) is 10.4. The number of amides is 3. The molecule has 0 saturated carbocycles. The summed E-state index contributed by atoms with van der Waals surface area (Å²) in [6, 6.07) is 15.7. The average molecular weight is 442 g/mol. The minimum absolute atomic E-state index is 0.0408. The lowest BCUT2D eigenvalue weighted by Gasteiger charge is -2.37. The Hall–Kier alpha value is -2.86. The van der Waals surface area contributed by atoms with E-state index >= 15 is 0 Å². The van der Waals surface area contributed by atoms with Crippen molar-refractivity contribution in [3.05, 3.63) is 70.7 Å². The number of halogens is 1. The molecular formula is C24H28ClN3O3. The minimum atomic E-state index is -0.588. The molecule has 0 radical (unpaired) electrons. The largest absolute Gasteiger partial charge is 0.344 e. The number of hydrogen-bond donors (Lipinski definition) is 1. The summed E-state index contributed by atoms with van der Waals surface area (Å²) >= 11 is 5.89. The zero-order chi connectivity index (χ0) is 22.4. The average Bonchev–Trinajstić information content (AvgIpc) is 2.77. The molecule has 1 aliphatic heterocycles. The summed E-state index contributed by atoms with van der Waals surface area (Å²) in [5.41, 5.74) is 1.49. The number of carbonyl (C=O) groups is 3. The number of nitrogens with one attached hydrogen (secondary N) is 1. The molecule has 3 amide bonds. The van der Waals surface area contributed by atoms with Crippen LogP contribution in [0.4, 0.5) is 0 Å². The molecule has 1 aliphatic rings. The molecule has 7 heteroatoms. The summed E-state index contributed by atoms with van der Waals surface area (Å²) < 4.78 is 0. The molecule has 1 heterocycles. The van der Waals surface area contributed by atoms with Crippen molar-refractivity contribution in [1.29, 1.82) is 0 Å². The van der Waals surface area contributed by atoms with Crippen LogP contribution in [0.2, 0.25) is 5.02 Å². The third-order valence-electron chi connectivity index (χ3n) is 5.43. The summed E-state index contributed by atoms with van der Waals surface area (Å²) in [6.45, 7) is 5.63. The Bertz CT molecular complexity index is 907. The molecular weight excluding hydrogens is 414 g/mol. The highest BCUT2D eigenvalue weighted by Crippen LogP contribution is 2.15. The normalized spacial score (nSPS) is 15.0. The molecule has 3 rings (SSSR count). The van der Waals surface area contributed by atoms with E-state index in [2.05, 4.69) is 5.32 Å². The number of hydrogen-bond acceptors (Lipinski definition) is 3. The number of rotatable bonds is 6. The van der Waals surface area contributed by atoms with Crippen molar-refractivity contribution in [2.75, 3.05) is 26.2 Å². The Morgan fingerprint density at radius 3 is 2.06 bits per heavy atom. The van der Waals surface area contributed by atoms with Crippen LogP contribution in [0, 0.1) is 5.92 Å². The van der Waals surface area contributed by atoms with E-state index < -0.39 is 6.04 Å². The fourth-order valence-corrected chi connectivity index (χ4v) is 3.75. The van der Waals surface area contributed by atoms with Crippen LogP contribution in [0.1, 0.15) is 29.8 Å². The lowest BCUT2D eigenvalue weighted by molar-refractivity contribution is -0.138. The van der Waals surface area contributed by atoms with Crippen molar-refractivity contribution in [2.24, 2.45) is 5.92 Å². The Balaban J connectivity index is 1.56. The number of carbonyl (C=O) groups excluding carboxylic acids is 3. The second-order valence-corrected chi connectivity index (χ2v) is 8.51. The Labute approximate surface area is 188 Å². The van der Waals surface area contributed by atoms with E-state index in [-0.39, 0.29) is 30.1 Å². The molecule has 1 atom stereocenters. The summed E-state index contributed by atoms with van der Waals surface area (Å²) in [5, 5.41) is 3.49. The predicted octanol–water partition coefficient (Wildman–Crippen LogP) is 3.01. The number of piperazine rings is 1. The van der Waals surface area contributed by atoms with Gasteiger partial charge in [0.05, 0.1) is 6.42 Å². The second-order valence-electron chi connectivity index (χ2n) is 8.08. The quantitative estimate of drug-likeness (QED) is 0.749. The van der Waals surface area contributed by atoms with Crippen LogP contribution in [-0.4, -0.2) is 59.7 Å². The summed E-state index contributed by atoms with van der Waals surface area (Å²) in [7, 11) is 0. The van der Waals surface area contributed by atoms with Crippen molar-refractivity contribution in [3.63, 3.8) is 0 Å². The van der Waals surface area contributed by atoms with Crippen LogP contribution in [-0.2, 0) is 16.0 Å². The molecule has 6 nitrogen and oxygen atoms in total. The van der Waals surface area contributed by atoms with Crippen LogP contribution in [0.5, 0.6) is 0 Å². The van der Waals surface area contributed by atoms with Crippen LogP contribution in [0.15, 0.2) is 54.6 Å². The monoisotopic (exact) mass is 441 g/mol. The molecule has 1 fully saturated rings. The molecule has 0 bridgehead atoms. The number of nitrogens with zero attached hydrogens (tertiary/aromatic N) is 2. The summed E-state index contributed by atoms with van der Waals surface area (Å²) in [6.07, 6.45) is 0.237. The van der Waals surface area contributed by atoms with Gasteiger partial charge in [0.25, 0.3) is 5.91 Å². The maximum absolute atomic E-state index is 13.1. The Kier molecular flexibility index (Phi) is 7.69. The minimum Gasteiger partial charge on any atom is -0.344 e. The van der Waals surface area contributed by atoms with Gasteiger partial charge in [-0.25, -0.2) is 0 Å².